The third-order valence-electron chi connectivity index (χ3n) is 9.41. The first-order chi connectivity index (χ1) is 25.9. The number of nitrogens with zero attached hydrogens (tertiary/aromatic N) is 1. The van der Waals surface area contributed by atoms with Crippen LogP contribution in [0.4, 0.5) is 9.59 Å². The Morgan fingerprint density at radius 3 is 1.57 bits per heavy atom. The summed E-state index contributed by atoms with van der Waals surface area (Å²) < 4.78 is 11.0. The molecule has 56 heavy (non-hydrogen) atoms. The molecule has 0 bridgehead atoms. The third kappa shape index (κ3) is 13.7. The Bertz CT molecular complexity index is 1960. The second-order valence-electron chi connectivity index (χ2n) is 15.8. The number of halogens is 5. The van der Waals surface area contributed by atoms with Gasteiger partial charge >= 0.3 is 41.7 Å². The summed E-state index contributed by atoms with van der Waals surface area (Å²) >= 11 is 26.5. The maximum absolute atomic E-state index is 12.6. The van der Waals surface area contributed by atoms with Gasteiger partial charge in [-0.2, -0.15) is 0 Å². The normalized spacial score (nSPS) is 18.1. The summed E-state index contributed by atoms with van der Waals surface area (Å²) in [5, 5.41) is 5.29. The molecule has 6 rings (SSSR count). The Hall–Kier alpha value is -1.69. The van der Waals surface area contributed by atoms with Crippen LogP contribution in [0.15, 0.2) is 84.9 Å². The standard InChI is InChI=1S/C22H25Cl2NO2.C21H23Cl2NO2.CH3I.Na.H/c1-22(2,3)27-21(26)25(4)20-13-15(16-7-5-6-8-17(16)20)11-14-9-10-18(23)19(24)12-14;1-21(2,3)26-20(25)24-19-12-14(15-6-4-5-7-16(15)19)10-13-8-9-17(22)18(23)11-13;1-2;;/h5-10,12,15,20H,11,13H2,1-4H3;4-9,11,14,19H,10,12H2,1-3H3,(H,24,25);1H3;;/q;;;+1;-1. The average Bonchev–Trinajstić information content (AvgIpc) is 3.65. The summed E-state index contributed by atoms with van der Waals surface area (Å²) in [6.45, 7) is 11.2. The van der Waals surface area contributed by atoms with Gasteiger partial charge in [0, 0.05) is 7.05 Å². The molecule has 0 saturated heterocycles. The molecule has 2 amide bonds. The van der Waals surface area contributed by atoms with Crippen molar-refractivity contribution in [3.05, 3.63) is 138 Å². The van der Waals surface area contributed by atoms with Crippen LogP contribution >= 0.6 is 69.0 Å². The van der Waals surface area contributed by atoms with E-state index in [0.717, 1.165) is 42.4 Å². The molecule has 2 aliphatic rings. The predicted molar refractivity (Wildman–Crippen MR) is 238 cm³/mol. The van der Waals surface area contributed by atoms with E-state index in [1.807, 2.05) is 108 Å². The third-order valence-corrected chi connectivity index (χ3v) is 10.9. The van der Waals surface area contributed by atoms with Gasteiger partial charge < -0.3 is 21.1 Å². The zero-order valence-electron chi connectivity index (χ0n) is 34.7. The first kappa shape index (κ1) is 48.7. The first-order valence-electron chi connectivity index (χ1n) is 18.3. The Balaban J connectivity index is 0.000000365. The number of benzene rings is 4. The van der Waals surface area contributed by atoms with Crippen LogP contribution in [-0.4, -0.2) is 40.3 Å². The number of carbonyl (C=O) groups is 2. The Morgan fingerprint density at radius 2 is 1.11 bits per heavy atom. The molecular weight excluding hydrogens is 912 g/mol. The molecule has 298 valence electrons. The molecule has 0 heterocycles. The summed E-state index contributed by atoms with van der Waals surface area (Å²) in [7, 11) is 1.82. The molecule has 6 nitrogen and oxygen atoms in total. The van der Waals surface area contributed by atoms with Crippen molar-refractivity contribution in [3.8, 4) is 0 Å². The zero-order chi connectivity index (χ0) is 40.7. The van der Waals surface area contributed by atoms with Crippen molar-refractivity contribution in [3.63, 3.8) is 0 Å². The topological polar surface area (TPSA) is 67.9 Å². The Morgan fingerprint density at radius 1 is 0.679 bits per heavy atom. The second kappa shape index (κ2) is 21.5. The summed E-state index contributed by atoms with van der Waals surface area (Å²) in [5.41, 5.74) is 6.15. The van der Waals surface area contributed by atoms with Gasteiger partial charge in [0.15, 0.2) is 0 Å². The fourth-order valence-electron chi connectivity index (χ4n) is 7.15. The molecular formula is C44H52Cl4IN2NaO4. The van der Waals surface area contributed by atoms with Crippen LogP contribution in [-0.2, 0) is 22.3 Å². The molecule has 4 atom stereocenters. The van der Waals surface area contributed by atoms with Crippen molar-refractivity contribution >= 4 is 81.2 Å². The van der Waals surface area contributed by atoms with Gasteiger partial charge in [0.1, 0.15) is 11.2 Å². The number of hydrogen-bond acceptors (Lipinski definition) is 4. The molecule has 0 spiro atoms. The van der Waals surface area contributed by atoms with Crippen molar-refractivity contribution < 1.29 is 50.0 Å². The average molecular weight is 965 g/mol. The molecule has 0 saturated carbocycles. The van der Waals surface area contributed by atoms with E-state index in [1.165, 1.54) is 16.7 Å². The fraction of sp³-hybridized carbons (Fsp3) is 0.409. The van der Waals surface area contributed by atoms with Crippen LogP contribution in [0.25, 0.3) is 0 Å². The van der Waals surface area contributed by atoms with Crippen molar-refractivity contribution in [2.45, 2.75) is 102 Å². The maximum Gasteiger partial charge on any atom is 1.00 e. The van der Waals surface area contributed by atoms with Gasteiger partial charge in [0.05, 0.1) is 32.2 Å². The van der Waals surface area contributed by atoms with Crippen LogP contribution in [0, 0.1) is 0 Å². The van der Waals surface area contributed by atoms with E-state index in [2.05, 4.69) is 58.2 Å². The molecule has 4 aromatic carbocycles. The van der Waals surface area contributed by atoms with Gasteiger partial charge in [-0.05, 0) is 142 Å². The van der Waals surface area contributed by atoms with E-state index in [0.29, 0.717) is 31.9 Å². The summed E-state index contributed by atoms with van der Waals surface area (Å²) in [6.07, 6.45) is 2.71. The Labute approximate surface area is 390 Å². The molecule has 1 N–H and O–H groups in total. The maximum atomic E-state index is 12.6. The molecule has 0 aliphatic heterocycles. The molecule has 0 aromatic heterocycles. The number of alkyl halides is 1. The minimum atomic E-state index is -0.512. The Kier molecular flexibility index (Phi) is 18.7. The number of alkyl carbamates (subject to hydrolysis) is 1. The molecule has 4 aromatic rings. The summed E-state index contributed by atoms with van der Waals surface area (Å²) in [6, 6.07) is 28.1. The number of amides is 2. The molecule has 0 radical (unpaired) electrons. The van der Waals surface area contributed by atoms with Crippen molar-refractivity contribution in [1.29, 1.82) is 0 Å². The van der Waals surface area contributed by atoms with Crippen LogP contribution < -0.4 is 34.9 Å². The number of rotatable bonds is 6. The van der Waals surface area contributed by atoms with E-state index < -0.39 is 11.2 Å². The number of fused-ring (bicyclic) bond motifs is 2. The first-order valence-corrected chi connectivity index (χ1v) is 21.9. The van der Waals surface area contributed by atoms with Crippen LogP contribution in [0.1, 0.15) is 113 Å². The minimum absolute atomic E-state index is 0. The largest absolute Gasteiger partial charge is 1.00 e. The second-order valence-corrected chi connectivity index (χ2v) is 17.5. The number of ether oxygens (including phenoxy) is 2. The predicted octanol–water partition coefficient (Wildman–Crippen LogP) is 11.1. The number of carbonyl (C=O) groups excluding carboxylic acids is 2. The summed E-state index contributed by atoms with van der Waals surface area (Å²) in [4.78, 5) is 28.5. The van der Waals surface area contributed by atoms with Crippen LogP contribution in [0.3, 0.4) is 0 Å². The quantitative estimate of drug-likeness (QED) is 0.119. The fourth-order valence-corrected chi connectivity index (χ4v) is 7.79. The van der Waals surface area contributed by atoms with Gasteiger partial charge in [-0.3, -0.25) is 0 Å². The van der Waals surface area contributed by atoms with Crippen LogP contribution in [0.2, 0.25) is 20.1 Å². The van der Waals surface area contributed by atoms with Crippen LogP contribution in [0.5, 0.6) is 0 Å². The van der Waals surface area contributed by atoms with Gasteiger partial charge in [-0.1, -0.05) is 130 Å². The SMILES string of the molecule is CC(C)(C)OC(=O)NC1CC(Cc2ccc(Cl)c(Cl)c2)c2ccccc21.CI.CN(C(=O)OC(C)(C)C)C1CC(Cc2ccc(Cl)c(Cl)c2)c2ccccc21.[H-].[Na+]. The minimum Gasteiger partial charge on any atom is -1.00 e. The van der Waals surface area contributed by atoms with Gasteiger partial charge in [0.25, 0.3) is 0 Å². The molecule has 0 fully saturated rings. The number of hydrogen-bond donors (Lipinski definition) is 1. The molecule has 4 unspecified atom stereocenters. The summed E-state index contributed by atoms with van der Waals surface area (Å²) in [5.74, 6) is 0.622. The monoisotopic (exact) mass is 962 g/mol. The van der Waals surface area contributed by atoms with Crippen molar-refractivity contribution in [2.75, 3.05) is 12.0 Å². The molecule has 2 aliphatic carbocycles. The molecule has 12 heteroatoms. The van der Waals surface area contributed by atoms with Gasteiger partial charge in [0.2, 0.25) is 0 Å². The van der Waals surface area contributed by atoms with Crippen molar-refractivity contribution in [2.24, 2.45) is 0 Å². The van der Waals surface area contributed by atoms with Gasteiger partial charge in [-0.15, -0.1) is 0 Å². The van der Waals surface area contributed by atoms with Gasteiger partial charge in [-0.25, -0.2) is 9.59 Å². The van der Waals surface area contributed by atoms with E-state index in [1.54, 1.807) is 4.90 Å². The smallest absolute Gasteiger partial charge is 1.00 e. The van der Waals surface area contributed by atoms with Crippen molar-refractivity contribution in [1.82, 2.24) is 10.2 Å². The van der Waals surface area contributed by atoms with E-state index in [-0.39, 0.29) is 55.3 Å². The van der Waals surface area contributed by atoms with E-state index in [9.17, 15) is 9.59 Å². The van der Waals surface area contributed by atoms with E-state index >= 15 is 0 Å². The zero-order valence-corrected chi connectivity index (χ0v) is 40.9. The van der Waals surface area contributed by atoms with E-state index in [4.69, 9.17) is 55.9 Å². The number of nitrogens with one attached hydrogen (secondary N) is 1.